The van der Waals surface area contributed by atoms with E-state index in [2.05, 4.69) is 15.6 Å². The summed E-state index contributed by atoms with van der Waals surface area (Å²) in [5.41, 5.74) is 4.66. The summed E-state index contributed by atoms with van der Waals surface area (Å²) in [6.45, 7) is 3.62. The monoisotopic (exact) mass is 421 g/mol. The molecular weight excluding hydrogens is 398 g/mol. The average Bonchev–Trinajstić information content (AvgIpc) is 2.72. The van der Waals surface area contributed by atoms with E-state index in [9.17, 15) is 18.0 Å². The number of rotatable bonds is 8. The van der Waals surface area contributed by atoms with E-state index in [0.29, 0.717) is 18.1 Å². The third kappa shape index (κ3) is 5.93. The molecule has 2 aromatic rings. The Bertz CT molecular complexity index is 963. The highest BCUT2D eigenvalue weighted by molar-refractivity contribution is 7.89. The largest absolute Gasteiger partial charge is 0.493 e. The van der Waals surface area contributed by atoms with E-state index >= 15 is 0 Å². The first-order chi connectivity index (χ1) is 13.8. The van der Waals surface area contributed by atoms with E-state index in [-0.39, 0.29) is 10.5 Å². The number of hydrogen-bond acceptors (Lipinski definition) is 6. The van der Waals surface area contributed by atoms with E-state index in [1.54, 1.807) is 24.3 Å². The number of amides is 2. The second-order valence-corrected chi connectivity index (χ2v) is 7.61. The van der Waals surface area contributed by atoms with Crippen molar-refractivity contribution >= 4 is 21.8 Å². The lowest BCUT2D eigenvalue weighted by molar-refractivity contribution is -0.123. The van der Waals surface area contributed by atoms with E-state index in [4.69, 9.17) is 9.47 Å². The molecule has 3 N–H and O–H groups in total. The predicted octanol–water partition coefficient (Wildman–Crippen LogP) is 1.22. The molecule has 2 amide bonds. The molecule has 2 rings (SSSR count). The van der Waals surface area contributed by atoms with Crippen LogP contribution in [0.4, 0.5) is 0 Å². The van der Waals surface area contributed by atoms with Crippen molar-refractivity contribution in [1.82, 2.24) is 15.6 Å². The molecule has 156 valence electrons. The standard InChI is InChI=1S/C19H23N3O6S/c1-4-28-16-11-10-14(12-17(16)27-3)19(24)21-20-18(23)13(2)22-29(25,26)15-8-6-5-7-9-15/h5-13,22H,4H2,1-3H3,(H,20,23)(H,21,24)/t13-/m0/s1. The molecule has 0 spiro atoms. The Balaban J connectivity index is 1.97. The number of carbonyl (C=O) groups is 2. The smallest absolute Gasteiger partial charge is 0.269 e. The van der Waals surface area contributed by atoms with Gasteiger partial charge in [0.05, 0.1) is 24.7 Å². The molecule has 1 atom stereocenters. The van der Waals surface area contributed by atoms with E-state index < -0.39 is 27.9 Å². The van der Waals surface area contributed by atoms with Gasteiger partial charge < -0.3 is 9.47 Å². The van der Waals surface area contributed by atoms with E-state index in [0.717, 1.165) is 0 Å². The molecule has 0 saturated carbocycles. The van der Waals surface area contributed by atoms with Crippen molar-refractivity contribution in [3.63, 3.8) is 0 Å². The van der Waals surface area contributed by atoms with E-state index in [1.807, 2.05) is 6.92 Å². The lowest BCUT2D eigenvalue weighted by Gasteiger charge is -2.15. The topological polar surface area (TPSA) is 123 Å². The van der Waals surface area contributed by atoms with Crippen LogP contribution >= 0.6 is 0 Å². The Morgan fingerprint density at radius 2 is 1.72 bits per heavy atom. The van der Waals surface area contributed by atoms with Gasteiger partial charge in [-0.15, -0.1) is 0 Å². The third-order valence-electron chi connectivity index (χ3n) is 3.80. The number of benzene rings is 2. The summed E-state index contributed by atoms with van der Waals surface area (Å²) in [6, 6.07) is 11.1. The van der Waals surface area contributed by atoms with Gasteiger partial charge >= 0.3 is 0 Å². The van der Waals surface area contributed by atoms with Gasteiger partial charge in [0.2, 0.25) is 10.0 Å². The van der Waals surface area contributed by atoms with Crippen LogP contribution in [0.15, 0.2) is 53.4 Å². The average molecular weight is 421 g/mol. The van der Waals surface area contributed by atoms with Crippen LogP contribution in [0.2, 0.25) is 0 Å². The van der Waals surface area contributed by atoms with Gasteiger partial charge in [0, 0.05) is 5.56 Å². The first-order valence-corrected chi connectivity index (χ1v) is 10.2. The maximum Gasteiger partial charge on any atom is 0.269 e. The fraction of sp³-hybridized carbons (Fsp3) is 0.263. The normalized spacial score (nSPS) is 12.0. The number of nitrogens with one attached hydrogen (secondary N) is 3. The Morgan fingerprint density at radius 3 is 2.34 bits per heavy atom. The van der Waals surface area contributed by atoms with Crippen molar-refractivity contribution in [3.05, 3.63) is 54.1 Å². The molecule has 9 nitrogen and oxygen atoms in total. The minimum absolute atomic E-state index is 0.0326. The van der Waals surface area contributed by atoms with Crippen molar-refractivity contribution < 1.29 is 27.5 Å². The number of sulfonamides is 1. The molecule has 29 heavy (non-hydrogen) atoms. The number of hydrazine groups is 1. The highest BCUT2D eigenvalue weighted by atomic mass is 32.2. The Labute approximate surface area is 169 Å². The van der Waals surface area contributed by atoms with Crippen LogP contribution in [0.1, 0.15) is 24.2 Å². The maximum atomic E-state index is 12.3. The van der Waals surface area contributed by atoms with Crippen LogP contribution in [0, 0.1) is 0 Å². The van der Waals surface area contributed by atoms with E-state index in [1.165, 1.54) is 38.3 Å². The predicted molar refractivity (Wildman–Crippen MR) is 106 cm³/mol. The summed E-state index contributed by atoms with van der Waals surface area (Å²) < 4.78 is 37.3. The molecule has 0 aliphatic carbocycles. The maximum absolute atomic E-state index is 12.3. The van der Waals surface area contributed by atoms with Crippen LogP contribution in [0.5, 0.6) is 11.5 Å². The number of hydrogen-bond donors (Lipinski definition) is 3. The quantitative estimate of drug-likeness (QED) is 0.551. The van der Waals surface area contributed by atoms with Gasteiger partial charge in [-0.2, -0.15) is 4.72 Å². The van der Waals surface area contributed by atoms with Gasteiger partial charge in [-0.25, -0.2) is 8.42 Å². The molecule has 0 radical (unpaired) electrons. The van der Waals surface area contributed by atoms with Crippen molar-refractivity contribution in [3.8, 4) is 11.5 Å². The second kappa shape index (κ2) is 9.89. The summed E-state index contributed by atoms with van der Waals surface area (Å²) in [5.74, 6) is -0.470. The minimum atomic E-state index is -3.87. The molecule has 10 heteroatoms. The Hall–Kier alpha value is -3.11. The first kappa shape index (κ1) is 22.2. The van der Waals surface area contributed by atoms with Crippen molar-refractivity contribution in [1.29, 1.82) is 0 Å². The summed E-state index contributed by atoms with van der Waals surface area (Å²) in [6.07, 6.45) is 0. The second-order valence-electron chi connectivity index (χ2n) is 5.90. The molecule has 0 unspecified atom stereocenters. The Kier molecular flexibility index (Phi) is 7.57. The lowest BCUT2D eigenvalue weighted by Crippen LogP contribution is -2.51. The van der Waals surface area contributed by atoms with Gasteiger partial charge in [-0.05, 0) is 44.2 Å². The highest BCUT2D eigenvalue weighted by Crippen LogP contribution is 2.27. The van der Waals surface area contributed by atoms with Gasteiger partial charge in [-0.3, -0.25) is 20.4 Å². The highest BCUT2D eigenvalue weighted by Gasteiger charge is 2.22. The molecule has 0 bridgehead atoms. The molecule has 0 aromatic heterocycles. The number of carbonyl (C=O) groups excluding carboxylic acids is 2. The first-order valence-electron chi connectivity index (χ1n) is 8.77. The zero-order chi connectivity index (χ0) is 21.4. The fourth-order valence-electron chi connectivity index (χ4n) is 2.34. The molecular formula is C19H23N3O6S. The summed E-state index contributed by atoms with van der Waals surface area (Å²) >= 11 is 0. The number of ether oxygens (including phenoxy) is 2. The van der Waals surface area contributed by atoms with Crippen LogP contribution in [-0.4, -0.2) is 40.0 Å². The summed E-state index contributed by atoms with van der Waals surface area (Å²) in [7, 11) is -2.42. The lowest BCUT2D eigenvalue weighted by atomic mass is 10.2. The summed E-state index contributed by atoms with van der Waals surface area (Å²) in [4.78, 5) is 24.4. The third-order valence-corrected chi connectivity index (χ3v) is 5.36. The fourth-order valence-corrected chi connectivity index (χ4v) is 3.56. The van der Waals surface area contributed by atoms with Crippen LogP contribution in [0.25, 0.3) is 0 Å². The van der Waals surface area contributed by atoms with Gasteiger partial charge in [0.1, 0.15) is 0 Å². The van der Waals surface area contributed by atoms with Crippen molar-refractivity contribution in [2.45, 2.75) is 24.8 Å². The molecule has 0 heterocycles. The minimum Gasteiger partial charge on any atom is -0.493 e. The number of methoxy groups -OCH3 is 1. The zero-order valence-corrected chi connectivity index (χ0v) is 17.1. The van der Waals surface area contributed by atoms with Crippen molar-refractivity contribution in [2.75, 3.05) is 13.7 Å². The van der Waals surface area contributed by atoms with Gasteiger partial charge in [0.25, 0.3) is 11.8 Å². The zero-order valence-electron chi connectivity index (χ0n) is 16.3. The van der Waals surface area contributed by atoms with Crippen LogP contribution < -0.4 is 25.0 Å². The van der Waals surface area contributed by atoms with Crippen LogP contribution in [0.3, 0.4) is 0 Å². The van der Waals surface area contributed by atoms with Crippen molar-refractivity contribution in [2.24, 2.45) is 0 Å². The molecule has 0 aliphatic rings. The molecule has 0 fully saturated rings. The summed E-state index contributed by atoms with van der Waals surface area (Å²) in [5, 5.41) is 0. The molecule has 0 saturated heterocycles. The SMILES string of the molecule is CCOc1ccc(C(=O)NNC(=O)[C@H](C)NS(=O)(=O)c2ccccc2)cc1OC. The van der Waals surface area contributed by atoms with Gasteiger partial charge in [0.15, 0.2) is 11.5 Å². The van der Waals surface area contributed by atoms with Gasteiger partial charge in [-0.1, -0.05) is 18.2 Å². The van der Waals surface area contributed by atoms with Crippen LogP contribution in [-0.2, 0) is 14.8 Å². The molecule has 0 aliphatic heterocycles. The Morgan fingerprint density at radius 1 is 1.03 bits per heavy atom. The molecule has 2 aromatic carbocycles.